The Balaban J connectivity index is 2.40. The average molecular weight is 304 g/mol. The first-order chi connectivity index (χ1) is 8.17. The predicted molar refractivity (Wildman–Crippen MR) is 68.8 cm³/mol. The van der Waals surface area contributed by atoms with Gasteiger partial charge in [0, 0.05) is 13.2 Å². The van der Waals surface area contributed by atoms with E-state index in [-0.39, 0.29) is 12.5 Å². The van der Waals surface area contributed by atoms with Crippen LogP contribution in [0.5, 0.6) is 0 Å². The Morgan fingerprint density at radius 3 is 2.82 bits per heavy atom. The van der Waals surface area contributed by atoms with E-state index in [1.54, 1.807) is 12.1 Å². The van der Waals surface area contributed by atoms with E-state index in [0.29, 0.717) is 22.9 Å². The van der Waals surface area contributed by atoms with Crippen molar-refractivity contribution in [3.05, 3.63) is 22.6 Å². The number of aliphatic hydroxyl groups excluding tert-OH is 1. The van der Waals surface area contributed by atoms with Crippen molar-refractivity contribution in [2.24, 2.45) is 5.92 Å². The van der Waals surface area contributed by atoms with Crippen LogP contribution in [0.25, 0.3) is 0 Å². The van der Waals surface area contributed by atoms with Crippen molar-refractivity contribution < 1.29 is 14.3 Å². The van der Waals surface area contributed by atoms with Gasteiger partial charge in [0.1, 0.15) is 0 Å². The minimum Gasteiger partial charge on any atom is -0.444 e. The zero-order valence-corrected chi connectivity index (χ0v) is 11.5. The van der Waals surface area contributed by atoms with Gasteiger partial charge in [0.25, 0.3) is 5.91 Å². The number of hydrogen-bond donors (Lipinski definition) is 2. The van der Waals surface area contributed by atoms with Gasteiger partial charge < -0.3 is 14.8 Å². The molecule has 5 heteroatoms. The molecule has 1 atom stereocenters. The second-order valence-electron chi connectivity index (χ2n) is 3.98. The maximum absolute atomic E-state index is 11.7. The Labute approximate surface area is 110 Å². The Kier molecular flexibility index (Phi) is 6.29. The number of aliphatic hydroxyl groups is 1. The smallest absolute Gasteiger partial charge is 0.287 e. The molecule has 0 bridgehead atoms. The number of amides is 1. The number of halogens is 1. The van der Waals surface area contributed by atoms with Crippen LogP contribution in [-0.2, 0) is 0 Å². The summed E-state index contributed by atoms with van der Waals surface area (Å²) in [6.07, 6.45) is 2.77. The molecule has 0 aromatic carbocycles. The third-order valence-electron chi connectivity index (χ3n) is 2.58. The van der Waals surface area contributed by atoms with Crippen molar-refractivity contribution in [3.63, 3.8) is 0 Å². The fourth-order valence-corrected chi connectivity index (χ4v) is 2.01. The van der Waals surface area contributed by atoms with Gasteiger partial charge in [-0.2, -0.15) is 0 Å². The highest BCUT2D eigenvalue weighted by Crippen LogP contribution is 2.14. The van der Waals surface area contributed by atoms with Gasteiger partial charge in [0.15, 0.2) is 10.4 Å². The molecule has 1 heterocycles. The van der Waals surface area contributed by atoms with Gasteiger partial charge in [-0.25, -0.2) is 0 Å². The van der Waals surface area contributed by atoms with Crippen LogP contribution < -0.4 is 5.32 Å². The molecule has 1 rings (SSSR count). The number of rotatable bonds is 7. The summed E-state index contributed by atoms with van der Waals surface area (Å²) in [5, 5.41) is 11.7. The summed E-state index contributed by atoms with van der Waals surface area (Å²) in [6.45, 7) is 2.83. The maximum Gasteiger partial charge on any atom is 0.287 e. The van der Waals surface area contributed by atoms with E-state index < -0.39 is 0 Å². The van der Waals surface area contributed by atoms with E-state index in [1.807, 2.05) is 0 Å². The standard InChI is InChI=1S/C12H18BrNO3/c1-2-3-9(6-7-15)8-14-12(16)10-4-5-11(13)17-10/h4-5,9,15H,2-3,6-8H2,1H3,(H,14,16). The predicted octanol–water partition coefficient (Wildman–Crippen LogP) is 2.57. The second-order valence-corrected chi connectivity index (χ2v) is 4.76. The zero-order valence-electron chi connectivity index (χ0n) is 9.91. The van der Waals surface area contributed by atoms with Gasteiger partial charge in [-0.1, -0.05) is 13.3 Å². The highest BCUT2D eigenvalue weighted by Gasteiger charge is 2.13. The van der Waals surface area contributed by atoms with E-state index in [0.717, 1.165) is 19.3 Å². The first kappa shape index (κ1) is 14.3. The monoisotopic (exact) mass is 303 g/mol. The quantitative estimate of drug-likeness (QED) is 0.814. The molecule has 0 radical (unpaired) electrons. The molecular weight excluding hydrogens is 286 g/mol. The Bertz CT molecular complexity index is 345. The summed E-state index contributed by atoms with van der Waals surface area (Å²) < 4.78 is 5.70. The van der Waals surface area contributed by atoms with Crippen molar-refractivity contribution in [1.29, 1.82) is 0 Å². The van der Waals surface area contributed by atoms with Crippen molar-refractivity contribution in [3.8, 4) is 0 Å². The Hall–Kier alpha value is -0.810. The lowest BCUT2D eigenvalue weighted by atomic mass is 10.0. The normalized spacial score (nSPS) is 12.4. The van der Waals surface area contributed by atoms with Crippen LogP contribution >= 0.6 is 15.9 Å². The average Bonchev–Trinajstić information content (AvgIpc) is 2.73. The number of nitrogens with one attached hydrogen (secondary N) is 1. The molecule has 2 N–H and O–H groups in total. The molecule has 96 valence electrons. The highest BCUT2D eigenvalue weighted by molar-refractivity contribution is 9.10. The largest absolute Gasteiger partial charge is 0.444 e. The zero-order chi connectivity index (χ0) is 12.7. The fourth-order valence-electron chi connectivity index (χ4n) is 1.70. The number of carbonyl (C=O) groups excluding carboxylic acids is 1. The molecule has 0 saturated carbocycles. The Morgan fingerprint density at radius 1 is 1.53 bits per heavy atom. The summed E-state index contributed by atoms with van der Waals surface area (Å²) >= 11 is 3.15. The first-order valence-electron chi connectivity index (χ1n) is 5.81. The molecule has 0 aliphatic rings. The minimum absolute atomic E-state index is 0.160. The molecule has 0 fully saturated rings. The van der Waals surface area contributed by atoms with Crippen molar-refractivity contribution in [2.75, 3.05) is 13.2 Å². The maximum atomic E-state index is 11.7. The van der Waals surface area contributed by atoms with E-state index in [9.17, 15) is 4.79 Å². The van der Waals surface area contributed by atoms with Crippen LogP contribution in [0, 0.1) is 5.92 Å². The summed E-state index contributed by atoms with van der Waals surface area (Å²) in [5.41, 5.74) is 0. The highest BCUT2D eigenvalue weighted by atomic mass is 79.9. The lowest BCUT2D eigenvalue weighted by Gasteiger charge is -2.14. The molecule has 0 aliphatic carbocycles. The SMILES string of the molecule is CCCC(CCO)CNC(=O)c1ccc(Br)o1. The Morgan fingerprint density at radius 2 is 2.29 bits per heavy atom. The van der Waals surface area contributed by atoms with Gasteiger partial charge in [0.2, 0.25) is 0 Å². The number of carbonyl (C=O) groups is 1. The molecule has 0 spiro atoms. The summed E-state index contributed by atoms with van der Waals surface area (Å²) in [4.78, 5) is 11.7. The molecule has 17 heavy (non-hydrogen) atoms. The first-order valence-corrected chi connectivity index (χ1v) is 6.61. The minimum atomic E-state index is -0.213. The molecule has 1 amide bonds. The van der Waals surface area contributed by atoms with E-state index in [4.69, 9.17) is 9.52 Å². The molecule has 1 aromatic rings. The summed E-state index contributed by atoms with van der Waals surface area (Å²) in [6, 6.07) is 3.31. The summed E-state index contributed by atoms with van der Waals surface area (Å²) in [7, 11) is 0. The third-order valence-corrected chi connectivity index (χ3v) is 3.01. The molecule has 0 aliphatic heterocycles. The van der Waals surface area contributed by atoms with Crippen LogP contribution in [0.1, 0.15) is 36.7 Å². The van der Waals surface area contributed by atoms with Gasteiger partial charge in [-0.05, 0) is 46.8 Å². The second kappa shape index (κ2) is 7.50. The van der Waals surface area contributed by atoms with Gasteiger partial charge in [-0.3, -0.25) is 4.79 Å². The lowest BCUT2D eigenvalue weighted by molar-refractivity contribution is 0.0914. The van der Waals surface area contributed by atoms with Crippen LogP contribution in [0.2, 0.25) is 0 Å². The number of furan rings is 1. The lowest BCUT2D eigenvalue weighted by Crippen LogP contribution is -2.29. The van der Waals surface area contributed by atoms with Gasteiger partial charge in [0.05, 0.1) is 0 Å². The van der Waals surface area contributed by atoms with Crippen LogP contribution in [0.4, 0.5) is 0 Å². The fraction of sp³-hybridized carbons (Fsp3) is 0.583. The van der Waals surface area contributed by atoms with Crippen LogP contribution in [0.3, 0.4) is 0 Å². The van der Waals surface area contributed by atoms with Gasteiger partial charge >= 0.3 is 0 Å². The molecule has 1 aromatic heterocycles. The topological polar surface area (TPSA) is 62.5 Å². The van der Waals surface area contributed by atoms with Crippen LogP contribution in [-0.4, -0.2) is 24.2 Å². The van der Waals surface area contributed by atoms with Crippen molar-refractivity contribution >= 4 is 21.8 Å². The molecule has 1 unspecified atom stereocenters. The van der Waals surface area contributed by atoms with Crippen molar-refractivity contribution in [2.45, 2.75) is 26.2 Å². The third kappa shape index (κ3) is 4.91. The van der Waals surface area contributed by atoms with E-state index in [1.165, 1.54) is 0 Å². The molecule has 0 saturated heterocycles. The van der Waals surface area contributed by atoms with Crippen molar-refractivity contribution in [1.82, 2.24) is 5.32 Å². The van der Waals surface area contributed by atoms with E-state index in [2.05, 4.69) is 28.2 Å². The molecule has 4 nitrogen and oxygen atoms in total. The van der Waals surface area contributed by atoms with Gasteiger partial charge in [-0.15, -0.1) is 0 Å². The number of hydrogen-bond acceptors (Lipinski definition) is 3. The van der Waals surface area contributed by atoms with Crippen LogP contribution in [0.15, 0.2) is 21.2 Å². The van der Waals surface area contributed by atoms with E-state index >= 15 is 0 Å². The molecular formula is C12H18BrNO3. The summed E-state index contributed by atoms with van der Waals surface area (Å²) in [5.74, 6) is 0.415.